The van der Waals surface area contributed by atoms with Gasteiger partial charge in [0, 0.05) is 0 Å². The molecule has 2 aromatic carbocycles. The molecule has 0 heterocycles. The van der Waals surface area contributed by atoms with E-state index >= 15 is 0 Å². The highest BCUT2D eigenvalue weighted by molar-refractivity contribution is 5.70. The number of rotatable bonds is 3. The van der Waals surface area contributed by atoms with Gasteiger partial charge in [0.1, 0.15) is 6.21 Å². The molecule has 0 amide bonds. The summed E-state index contributed by atoms with van der Waals surface area (Å²) in [5.74, 6) is 0. The van der Waals surface area contributed by atoms with Crippen LogP contribution in [0.4, 0.5) is 24.5 Å². The summed E-state index contributed by atoms with van der Waals surface area (Å²) in [5, 5.41) is 4.76. The van der Waals surface area contributed by atoms with Crippen molar-refractivity contribution in [3.05, 3.63) is 60.7 Å². The van der Waals surface area contributed by atoms with Gasteiger partial charge in [0.15, 0.2) is 0 Å². The molecule has 2 rings (SSSR count). The third kappa shape index (κ3) is 3.84. The molecule has 0 aliphatic heterocycles. The van der Waals surface area contributed by atoms with Crippen molar-refractivity contribution >= 4 is 17.6 Å². The number of halogens is 3. The minimum absolute atomic E-state index is 0.0208. The summed E-state index contributed by atoms with van der Waals surface area (Å²) in [6.45, 7) is 0. The minimum Gasteiger partial charge on any atom is -0.234 e. The van der Waals surface area contributed by atoms with Crippen molar-refractivity contribution in [3.8, 4) is 0 Å². The number of anilines is 2. The summed E-state index contributed by atoms with van der Waals surface area (Å²) in [6.07, 6.45) is -4.46. The zero-order valence-corrected chi connectivity index (χ0v) is 9.88. The van der Waals surface area contributed by atoms with Crippen LogP contribution in [0.5, 0.6) is 0 Å². The van der Waals surface area contributed by atoms with Crippen LogP contribution in [-0.4, -0.2) is 12.4 Å². The van der Waals surface area contributed by atoms with E-state index in [1.54, 1.807) is 60.7 Å². The normalized spacial score (nSPS) is 11.7. The summed E-state index contributed by atoms with van der Waals surface area (Å²) >= 11 is 0. The summed E-state index contributed by atoms with van der Waals surface area (Å²) in [5.41, 5.74) is 1.13. The van der Waals surface area contributed by atoms with Gasteiger partial charge < -0.3 is 0 Å². The average molecular weight is 264 g/mol. The van der Waals surface area contributed by atoms with Crippen LogP contribution in [0.2, 0.25) is 0 Å². The zero-order chi connectivity index (χ0) is 13.7. The van der Waals surface area contributed by atoms with Crippen LogP contribution in [0, 0.1) is 0 Å². The van der Waals surface area contributed by atoms with Crippen LogP contribution in [-0.2, 0) is 0 Å². The van der Waals surface area contributed by atoms with Gasteiger partial charge >= 0.3 is 6.18 Å². The predicted octanol–water partition coefficient (Wildman–Crippen LogP) is 4.37. The highest BCUT2D eigenvalue weighted by Crippen LogP contribution is 2.25. The molecule has 0 bridgehead atoms. The Morgan fingerprint density at radius 1 is 0.789 bits per heavy atom. The zero-order valence-electron chi connectivity index (χ0n) is 9.88. The fourth-order valence-electron chi connectivity index (χ4n) is 1.54. The van der Waals surface area contributed by atoms with Gasteiger partial charge in [-0.15, -0.1) is 0 Å². The van der Waals surface area contributed by atoms with Crippen molar-refractivity contribution in [2.24, 2.45) is 5.10 Å². The molecule has 0 spiro atoms. The van der Waals surface area contributed by atoms with Gasteiger partial charge in [-0.05, 0) is 24.3 Å². The summed E-state index contributed by atoms with van der Waals surface area (Å²) in [6, 6.07) is 17.3. The second-order valence-corrected chi connectivity index (χ2v) is 3.77. The molecule has 0 aliphatic rings. The van der Waals surface area contributed by atoms with Crippen LogP contribution in [0.1, 0.15) is 0 Å². The third-order valence-electron chi connectivity index (χ3n) is 2.32. The van der Waals surface area contributed by atoms with E-state index in [4.69, 9.17) is 0 Å². The molecule has 0 saturated carbocycles. The van der Waals surface area contributed by atoms with Gasteiger partial charge in [0.05, 0.1) is 11.4 Å². The van der Waals surface area contributed by atoms with Crippen molar-refractivity contribution in [2.75, 3.05) is 5.01 Å². The molecule has 0 aliphatic carbocycles. The molecule has 2 aromatic rings. The smallest absolute Gasteiger partial charge is 0.234 e. The van der Waals surface area contributed by atoms with E-state index in [-0.39, 0.29) is 6.21 Å². The number of para-hydroxylation sites is 2. The van der Waals surface area contributed by atoms with E-state index < -0.39 is 6.18 Å². The SMILES string of the molecule is FC(F)(F)/C=N/N(c1ccccc1)c1ccccc1. The van der Waals surface area contributed by atoms with E-state index in [1.807, 2.05) is 0 Å². The summed E-state index contributed by atoms with van der Waals surface area (Å²) in [4.78, 5) is 0. The standard InChI is InChI=1S/C14H11F3N2/c15-14(16,17)11-18-19(12-7-3-1-4-8-12)13-9-5-2-6-10-13/h1-11H/b18-11+. The molecule has 0 N–H and O–H groups in total. The Bertz CT molecular complexity index is 496. The van der Waals surface area contributed by atoms with Crippen molar-refractivity contribution in [1.82, 2.24) is 0 Å². The first-order valence-corrected chi connectivity index (χ1v) is 5.58. The number of nitrogens with zero attached hydrogens (tertiary/aromatic N) is 2. The quantitative estimate of drug-likeness (QED) is 0.593. The lowest BCUT2D eigenvalue weighted by Crippen LogP contribution is -2.15. The van der Waals surface area contributed by atoms with Crippen molar-refractivity contribution in [1.29, 1.82) is 0 Å². The van der Waals surface area contributed by atoms with Gasteiger partial charge in [0.25, 0.3) is 0 Å². The molecule has 0 unspecified atom stereocenters. The van der Waals surface area contributed by atoms with Gasteiger partial charge in [-0.3, -0.25) is 0 Å². The van der Waals surface area contributed by atoms with Gasteiger partial charge in [-0.2, -0.15) is 18.3 Å². The topological polar surface area (TPSA) is 15.6 Å². The average Bonchev–Trinajstić information content (AvgIpc) is 2.40. The summed E-state index contributed by atoms with van der Waals surface area (Å²) in [7, 11) is 0. The minimum atomic E-state index is -4.44. The maximum Gasteiger partial charge on any atom is 0.428 e. The lowest BCUT2D eigenvalue weighted by atomic mass is 10.2. The Hall–Kier alpha value is -2.30. The fourth-order valence-corrected chi connectivity index (χ4v) is 1.54. The van der Waals surface area contributed by atoms with Crippen LogP contribution in [0.15, 0.2) is 65.8 Å². The van der Waals surface area contributed by atoms with Crippen LogP contribution >= 0.6 is 0 Å². The monoisotopic (exact) mass is 264 g/mol. The third-order valence-corrected chi connectivity index (χ3v) is 2.32. The molecule has 0 fully saturated rings. The maximum atomic E-state index is 12.3. The van der Waals surface area contributed by atoms with Crippen LogP contribution in [0.25, 0.3) is 0 Å². The Balaban J connectivity index is 2.38. The molecule has 0 aromatic heterocycles. The van der Waals surface area contributed by atoms with E-state index in [2.05, 4.69) is 5.10 Å². The Labute approximate surface area is 108 Å². The van der Waals surface area contributed by atoms with Crippen LogP contribution < -0.4 is 5.01 Å². The van der Waals surface area contributed by atoms with Crippen molar-refractivity contribution < 1.29 is 13.2 Å². The van der Waals surface area contributed by atoms with Gasteiger partial charge in [-0.1, -0.05) is 36.4 Å². The Morgan fingerprint density at radius 2 is 1.21 bits per heavy atom. The lowest BCUT2D eigenvalue weighted by molar-refractivity contribution is -0.0537. The number of alkyl halides is 3. The first-order valence-electron chi connectivity index (χ1n) is 5.58. The van der Waals surface area contributed by atoms with Gasteiger partial charge in [0.2, 0.25) is 0 Å². The molecular formula is C14H11F3N2. The summed E-state index contributed by atoms with van der Waals surface area (Å²) < 4.78 is 36.8. The first kappa shape index (κ1) is 13.1. The Kier molecular flexibility index (Phi) is 3.85. The molecule has 5 heteroatoms. The lowest BCUT2D eigenvalue weighted by Gasteiger charge is -2.19. The molecule has 19 heavy (non-hydrogen) atoms. The molecule has 98 valence electrons. The highest BCUT2D eigenvalue weighted by Gasteiger charge is 2.24. The van der Waals surface area contributed by atoms with Crippen molar-refractivity contribution in [3.63, 3.8) is 0 Å². The van der Waals surface area contributed by atoms with E-state index in [0.29, 0.717) is 11.4 Å². The first-order chi connectivity index (χ1) is 9.06. The van der Waals surface area contributed by atoms with Gasteiger partial charge in [-0.25, -0.2) is 5.01 Å². The van der Waals surface area contributed by atoms with Crippen LogP contribution in [0.3, 0.4) is 0 Å². The Morgan fingerprint density at radius 3 is 1.58 bits per heavy atom. The number of hydrazone groups is 1. The largest absolute Gasteiger partial charge is 0.428 e. The predicted molar refractivity (Wildman–Crippen MR) is 69.6 cm³/mol. The second kappa shape index (κ2) is 5.56. The number of hydrogen-bond acceptors (Lipinski definition) is 2. The molecule has 0 radical (unpaired) electrons. The molecule has 0 saturated heterocycles. The van der Waals surface area contributed by atoms with Crippen molar-refractivity contribution in [2.45, 2.75) is 6.18 Å². The number of benzene rings is 2. The molecule has 2 nitrogen and oxygen atoms in total. The molecular weight excluding hydrogens is 253 g/mol. The van der Waals surface area contributed by atoms with E-state index in [0.717, 1.165) is 0 Å². The highest BCUT2D eigenvalue weighted by atomic mass is 19.4. The maximum absolute atomic E-state index is 12.3. The van der Waals surface area contributed by atoms with E-state index in [1.165, 1.54) is 5.01 Å². The van der Waals surface area contributed by atoms with E-state index in [9.17, 15) is 13.2 Å². The number of hydrogen-bond donors (Lipinski definition) is 0. The second-order valence-electron chi connectivity index (χ2n) is 3.77. The molecule has 0 atom stereocenters. The fraction of sp³-hybridized carbons (Fsp3) is 0.0714.